The van der Waals surface area contributed by atoms with Crippen LogP contribution in [0.2, 0.25) is 0 Å². The average molecular weight is 426 g/mol. The molecule has 1 fully saturated rings. The molecule has 2 aromatic rings. The van der Waals surface area contributed by atoms with Gasteiger partial charge in [0.2, 0.25) is 11.9 Å². The Morgan fingerprint density at radius 3 is 2.55 bits per heavy atom. The quantitative estimate of drug-likeness (QED) is 0.673. The lowest BCUT2D eigenvalue weighted by Gasteiger charge is -2.37. The van der Waals surface area contributed by atoms with Crippen LogP contribution in [0.25, 0.3) is 5.70 Å². The molecule has 1 saturated heterocycles. The number of primary amides is 1. The number of carbonyl (C=O) groups excluding carboxylic acids is 1. The van der Waals surface area contributed by atoms with Crippen LogP contribution in [0.4, 0.5) is 14.7 Å². The highest BCUT2D eigenvalue weighted by Crippen LogP contribution is 2.36. The van der Waals surface area contributed by atoms with Crippen molar-refractivity contribution in [3.05, 3.63) is 70.7 Å². The zero-order valence-electron chi connectivity index (χ0n) is 16.9. The van der Waals surface area contributed by atoms with Gasteiger partial charge in [-0.2, -0.15) is 0 Å². The molecule has 0 saturated carbocycles. The van der Waals surface area contributed by atoms with Gasteiger partial charge in [-0.25, -0.2) is 18.7 Å². The minimum Gasteiger partial charge on any atom is -0.401 e. The Kier molecular flexibility index (Phi) is 5.58. The van der Waals surface area contributed by atoms with E-state index in [9.17, 15) is 13.6 Å². The Hall–Kier alpha value is -3.49. The first kappa shape index (κ1) is 20.8. The maximum Gasteiger partial charge on any atom is 0.225 e. The number of rotatable bonds is 5. The number of amides is 1. The molecule has 0 spiro atoms. The molecule has 1 aromatic heterocycles. The number of carbonyl (C=O) groups is 1. The van der Waals surface area contributed by atoms with E-state index in [4.69, 9.17) is 17.2 Å². The molecule has 1 aromatic carbocycles. The molecule has 31 heavy (non-hydrogen) atoms. The summed E-state index contributed by atoms with van der Waals surface area (Å²) in [6.07, 6.45) is 5.49. The molecule has 9 heteroatoms. The van der Waals surface area contributed by atoms with E-state index in [1.54, 1.807) is 18.3 Å². The number of benzene rings is 1. The van der Waals surface area contributed by atoms with Crippen molar-refractivity contribution in [2.75, 3.05) is 18.0 Å². The van der Waals surface area contributed by atoms with Crippen LogP contribution in [0.15, 0.2) is 47.8 Å². The Labute approximate surface area is 178 Å². The van der Waals surface area contributed by atoms with Crippen LogP contribution in [-0.4, -0.2) is 29.0 Å². The van der Waals surface area contributed by atoms with Crippen molar-refractivity contribution in [3.8, 4) is 0 Å². The van der Waals surface area contributed by atoms with Crippen LogP contribution in [0, 0.1) is 17.6 Å². The lowest BCUT2D eigenvalue weighted by Crippen LogP contribution is -2.53. The molecule has 1 amide bonds. The highest BCUT2D eigenvalue weighted by Gasteiger charge is 2.33. The second kappa shape index (κ2) is 8.33. The summed E-state index contributed by atoms with van der Waals surface area (Å²) >= 11 is 0. The average Bonchev–Trinajstić information content (AvgIpc) is 2.68. The van der Waals surface area contributed by atoms with E-state index < -0.39 is 11.6 Å². The maximum absolute atomic E-state index is 14.1. The van der Waals surface area contributed by atoms with Gasteiger partial charge in [0.05, 0.1) is 17.2 Å². The molecule has 0 bridgehead atoms. The normalized spacial score (nSPS) is 20.0. The summed E-state index contributed by atoms with van der Waals surface area (Å²) in [4.78, 5) is 22.1. The molecule has 2 heterocycles. The number of hydrogen-bond acceptors (Lipinski definition) is 6. The van der Waals surface area contributed by atoms with Gasteiger partial charge in [0.1, 0.15) is 11.6 Å². The highest BCUT2D eigenvalue weighted by molar-refractivity contribution is 5.79. The Balaban J connectivity index is 1.60. The summed E-state index contributed by atoms with van der Waals surface area (Å²) in [5.74, 6) is -1.58. The second-order valence-corrected chi connectivity index (χ2v) is 7.91. The molecule has 7 nitrogen and oxygen atoms in total. The molecule has 1 aliphatic heterocycles. The van der Waals surface area contributed by atoms with E-state index >= 15 is 0 Å². The standard InChI is InChI=1S/C22H24F2N6O/c23-15-5-2-6-16(24)19(15)17(25)9-12-3-1-4-14(20(12)26)18-7-8-28-22(29-18)30-10-13(11-30)21(27)31/h2,5-9,13-14H,1,3-4,10-11,25-26H2,(H2,27,31)/b17-9-. The maximum atomic E-state index is 14.1. The monoisotopic (exact) mass is 426 g/mol. The second-order valence-electron chi connectivity index (χ2n) is 7.91. The smallest absolute Gasteiger partial charge is 0.225 e. The minimum atomic E-state index is -0.718. The fraction of sp³-hybridized carbons (Fsp3) is 0.318. The van der Waals surface area contributed by atoms with Crippen LogP contribution in [-0.2, 0) is 4.79 Å². The molecule has 1 atom stereocenters. The van der Waals surface area contributed by atoms with Crippen molar-refractivity contribution in [1.82, 2.24) is 9.97 Å². The molecule has 4 rings (SSSR count). The Bertz CT molecular complexity index is 1060. The third-order valence-corrected chi connectivity index (χ3v) is 5.85. The third kappa shape index (κ3) is 4.08. The van der Waals surface area contributed by atoms with Gasteiger partial charge < -0.3 is 22.1 Å². The molecule has 1 aliphatic carbocycles. The lowest BCUT2D eigenvalue weighted by atomic mass is 9.84. The van der Waals surface area contributed by atoms with Gasteiger partial charge in [0.25, 0.3) is 0 Å². The topological polar surface area (TPSA) is 124 Å². The molecule has 2 aliphatic rings. The molecule has 0 radical (unpaired) electrons. The van der Waals surface area contributed by atoms with Crippen molar-refractivity contribution in [2.45, 2.75) is 25.2 Å². The molecule has 162 valence electrons. The van der Waals surface area contributed by atoms with Gasteiger partial charge >= 0.3 is 0 Å². The van der Waals surface area contributed by atoms with Crippen LogP contribution < -0.4 is 22.1 Å². The number of aromatic nitrogens is 2. The number of nitrogens with zero attached hydrogens (tertiary/aromatic N) is 3. The molecule has 6 N–H and O–H groups in total. The van der Waals surface area contributed by atoms with Crippen molar-refractivity contribution in [3.63, 3.8) is 0 Å². The summed E-state index contributed by atoms with van der Waals surface area (Å²) in [5.41, 5.74) is 19.6. The van der Waals surface area contributed by atoms with Gasteiger partial charge in [-0.3, -0.25) is 4.79 Å². The van der Waals surface area contributed by atoms with Crippen LogP contribution >= 0.6 is 0 Å². The first-order chi connectivity index (χ1) is 14.8. The van der Waals surface area contributed by atoms with Crippen molar-refractivity contribution >= 4 is 17.6 Å². The van der Waals surface area contributed by atoms with E-state index in [-0.39, 0.29) is 29.0 Å². The van der Waals surface area contributed by atoms with Crippen molar-refractivity contribution in [2.24, 2.45) is 23.1 Å². The molecular formula is C22H24F2N6O. The summed E-state index contributed by atoms with van der Waals surface area (Å²) in [5, 5.41) is 0. The molecular weight excluding hydrogens is 402 g/mol. The van der Waals surface area contributed by atoms with Crippen LogP contribution in [0.1, 0.15) is 36.4 Å². The van der Waals surface area contributed by atoms with Crippen molar-refractivity contribution in [1.29, 1.82) is 0 Å². The fourth-order valence-corrected chi connectivity index (χ4v) is 4.05. The Morgan fingerprint density at radius 1 is 1.16 bits per heavy atom. The number of halogens is 2. The third-order valence-electron chi connectivity index (χ3n) is 5.85. The summed E-state index contributed by atoms with van der Waals surface area (Å²) in [6.45, 7) is 0.987. The molecule has 1 unspecified atom stereocenters. The van der Waals surface area contributed by atoms with E-state index in [0.29, 0.717) is 31.2 Å². The van der Waals surface area contributed by atoms with Gasteiger partial charge in [-0.15, -0.1) is 0 Å². The van der Waals surface area contributed by atoms with E-state index in [2.05, 4.69) is 9.97 Å². The van der Waals surface area contributed by atoms with Crippen LogP contribution in [0.3, 0.4) is 0 Å². The number of hydrogen-bond donors (Lipinski definition) is 3. The van der Waals surface area contributed by atoms with Crippen LogP contribution in [0.5, 0.6) is 0 Å². The van der Waals surface area contributed by atoms with E-state index in [1.165, 1.54) is 18.2 Å². The predicted octanol–water partition coefficient (Wildman–Crippen LogP) is 2.16. The number of nitrogens with two attached hydrogens (primary N) is 3. The predicted molar refractivity (Wildman–Crippen MR) is 113 cm³/mol. The largest absolute Gasteiger partial charge is 0.401 e. The first-order valence-electron chi connectivity index (χ1n) is 10.1. The zero-order valence-corrected chi connectivity index (χ0v) is 16.9. The number of allylic oxidation sites excluding steroid dienone is 3. The SMILES string of the molecule is NC(=O)C1CN(c2nccc(C3CCCC(/C=C(\N)c4c(F)cccc4F)=C3N)n2)C1. The Morgan fingerprint density at radius 2 is 1.87 bits per heavy atom. The summed E-state index contributed by atoms with van der Waals surface area (Å²) < 4.78 is 28.1. The summed E-state index contributed by atoms with van der Waals surface area (Å²) in [7, 11) is 0. The lowest BCUT2D eigenvalue weighted by molar-refractivity contribution is -0.122. The summed E-state index contributed by atoms with van der Waals surface area (Å²) in [6, 6.07) is 5.43. The van der Waals surface area contributed by atoms with E-state index in [0.717, 1.165) is 24.1 Å². The van der Waals surface area contributed by atoms with E-state index in [1.807, 2.05) is 4.90 Å². The van der Waals surface area contributed by atoms with Gasteiger partial charge in [0, 0.05) is 36.6 Å². The fourth-order valence-electron chi connectivity index (χ4n) is 4.05. The van der Waals surface area contributed by atoms with Gasteiger partial charge in [-0.1, -0.05) is 6.07 Å². The van der Waals surface area contributed by atoms with Gasteiger partial charge in [-0.05, 0) is 49.1 Å². The highest BCUT2D eigenvalue weighted by atomic mass is 19.1. The number of anilines is 1. The van der Waals surface area contributed by atoms with Crippen molar-refractivity contribution < 1.29 is 13.6 Å². The first-order valence-corrected chi connectivity index (χ1v) is 10.1. The minimum absolute atomic E-state index is 0.00403. The zero-order chi connectivity index (χ0) is 22.1. The van der Waals surface area contributed by atoms with Gasteiger partial charge in [0.15, 0.2) is 0 Å².